The molecule has 3 fully saturated rings. The summed E-state index contributed by atoms with van der Waals surface area (Å²) in [6, 6.07) is 13.0. The number of thiophene rings is 1. The molecule has 0 radical (unpaired) electrons. The van der Waals surface area contributed by atoms with Gasteiger partial charge in [-0.1, -0.05) is 41.9 Å². The van der Waals surface area contributed by atoms with Crippen molar-refractivity contribution in [1.82, 2.24) is 19.4 Å². The predicted octanol–water partition coefficient (Wildman–Crippen LogP) is 3.26. The number of hydrogen-bond donors (Lipinski definition) is 1. The van der Waals surface area contributed by atoms with E-state index in [1.807, 2.05) is 23.1 Å². The number of nitrogens with one attached hydrogen (secondary N) is 1. The molecule has 0 bridgehead atoms. The second kappa shape index (κ2) is 11.5. The van der Waals surface area contributed by atoms with Crippen LogP contribution in [0.3, 0.4) is 0 Å². The van der Waals surface area contributed by atoms with Crippen LogP contribution in [0.2, 0.25) is 4.34 Å². The third-order valence-electron chi connectivity index (χ3n) is 7.59. The van der Waals surface area contributed by atoms with Crippen LogP contribution in [0.25, 0.3) is 6.08 Å². The highest BCUT2D eigenvalue weighted by Crippen LogP contribution is 2.49. The molecule has 1 N–H and O–H groups in total. The Balaban J connectivity index is 1.17. The molecule has 0 spiro atoms. The number of likely N-dealkylation sites (N-methyl/N-ethyl adjacent to an activating group) is 1. The molecule has 11 heteroatoms. The smallest absolute Gasteiger partial charge is 0.242 e. The zero-order valence-corrected chi connectivity index (χ0v) is 23.7. The highest BCUT2D eigenvalue weighted by atomic mass is 35.5. The Bertz CT molecular complexity index is 1300. The molecule has 3 aliphatic rings. The van der Waals surface area contributed by atoms with Gasteiger partial charge in [-0.2, -0.15) is 4.72 Å². The van der Waals surface area contributed by atoms with Crippen LogP contribution >= 0.6 is 22.9 Å². The number of carbonyl (C=O) groups is 2. The first kappa shape index (κ1) is 27.3. The summed E-state index contributed by atoms with van der Waals surface area (Å²) in [5.74, 6) is 0.680. The van der Waals surface area contributed by atoms with Gasteiger partial charge in [0.2, 0.25) is 21.8 Å². The Labute approximate surface area is 233 Å². The lowest BCUT2D eigenvalue weighted by Crippen LogP contribution is -2.55. The molecular formula is C27H33ClN4O4S2. The van der Waals surface area contributed by atoms with E-state index in [0.29, 0.717) is 40.4 Å². The maximum absolute atomic E-state index is 13.4. The van der Waals surface area contributed by atoms with Crippen LogP contribution in [0.5, 0.6) is 0 Å². The van der Waals surface area contributed by atoms with Crippen molar-refractivity contribution in [3.8, 4) is 0 Å². The Morgan fingerprint density at radius 2 is 2.03 bits per heavy atom. The van der Waals surface area contributed by atoms with E-state index in [2.05, 4.69) is 28.8 Å². The minimum atomic E-state index is -3.84. The lowest BCUT2D eigenvalue weighted by atomic mass is 10.1. The summed E-state index contributed by atoms with van der Waals surface area (Å²) in [6.07, 6.45) is 3.65. The Morgan fingerprint density at radius 3 is 2.76 bits per heavy atom. The van der Waals surface area contributed by atoms with E-state index in [4.69, 9.17) is 11.6 Å². The van der Waals surface area contributed by atoms with Gasteiger partial charge >= 0.3 is 0 Å². The molecule has 38 heavy (non-hydrogen) atoms. The van der Waals surface area contributed by atoms with Crippen LogP contribution in [0.4, 0.5) is 0 Å². The number of hydrogen-bond acceptors (Lipinski definition) is 6. The first-order chi connectivity index (χ1) is 18.2. The zero-order chi connectivity index (χ0) is 26.9. The van der Waals surface area contributed by atoms with E-state index < -0.39 is 16.1 Å². The number of sulfonamides is 1. The summed E-state index contributed by atoms with van der Waals surface area (Å²) < 4.78 is 28.3. The molecule has 1 aromatic heterocycles. The largest absolute Gasteiger partial charge is 0.336 e. The van der Waals surface area contributed by atoms with Gasteiger partial charge in [-0.05, 0) is 61.9 Å². The van der Waals surface area contributed by atoms with E-state index in [1.165, 1.54) is 27.9 Å². The number of nitrogens with zero attached hydrogens (tertiary/aromatic N) is 3. The van der Waals surface area contributed by atoms with Gasteiger partial charge in [0, 0.05) is 42.5 Å². The Hall–Kier alpha value is -2.24. The fraction of sp³-hybridized carbons (Fsp3) is 0.481. The molecule has 204 valence electrons. The number of piperidine rings is 2. The fourth-order valence-corrected chi connectivity index (χ4v) is 7.71. The lowest BCUT2D eigenvalue weighted by Gasteiger charge is -2.35. The molecule has 1 aliphatic carbocycles. The summed E-state index contributed by atoms with van der Waals surface area (Å²) in [5, 5.41) is 1.06. The number of benzene rings is 1. The molecule has 2 amide bonds. The summed E-state index contributed by atoms with van der Waals surface area (Å²) in [7, 11) is -1.75. The molecule has 3 heterocycles. The fourth-order valence-electron chi connectivity index (χ4n) is 5.64. The summed E-state index contributed by atoms with van der Waals surface area (Å²) >= 11 is 7.17. The first-order valence-electron chi connectivity index (χ1n) is 12.9. The highest BCUT2D eigenvalue weighted by molar-refractivity contribution is 7.92. The SMILES string of the molecule is CN(Cc1ccccc1)CC1C2CC2CN1C(=O)CN1CCCC(NS(=O)(=O)/C=C/c2ccc(Cl)s2)C1=O. The van der Waals surface area contributed by atoms with Gasteiger partial charge < -0.3 is 14.7 Å². The van der Waals surface area contributed by atoms with E-state index in [9.17, 15) is 18.0 Å². The van der Waals surface area contributed by atoms with Crippen LogP contribution in [-0.2, 0) is 26.2 Å². The third-order valence-corrected chi connectivity index (χ3v) is 9.89. The van der Waals surface area contributed by atoms with E-state index in [0.717, 1.165) is 31.5 Å². The molecular weight excluding hydrogens is 544 g/mol. The van der Waals surface area contributed by atoms with Gasteiger partial charge in [-0.15, -0.1) is 11.3 Å². The second-order valence-electron chi connectivity index (χ2n) is 10.5. The summed E-state index contributed by atoms with van der Waals surface area (Å²) in [6.45, 7) is 2.78. The van der Waals surface area contributed by atoms with Gasteiger partial charge in [-0.3, -0.25) is 9.59 Å². The maximum Gasteiger partial charge on any atom is 0.242 e. The molecule has 1 saturated carbocycles. The maximum atomic E-state index is 13.4. The van der Waals surface area contributed by atoms with Crippen molar-refractivity contribution in [3.05, 3.63) is 62.6 Å². The van der Waals surface area contributed by atoms with Gasteiger partial charge in [-0.25, -0.2) is 8.42 Å². The number of amides is 2. The molecule has 2 aromatic rings. The molecule has 2 aliphatic heterocycles. The number of likely N-dealkylation sites (tertiary alicyclic amines) is 2. The molecule has 4 atom stereocenters. The van der Waals surface area contributed by atoms with E-state index in [-0.39, 0.29) is 24.4 Å². The molecule has 4 unspecified atom stereocenters. The number of carbonyl (C=O) groups excluding carboxylic acids is 2. The predicted molar refractivity (Wildman–Crippen MR) is 150 cm³/mol. The minimum absolute atomic E-state index is 0.0149. The molecule has 1 aromatic carbocycles. The monoisotopic (exact) mass is 576 g/mol. The standard InChI is InChI=1S/C27H33ClN4O4S2/c1-30(15-19-6-3-2-4-7-19)17-24-22-14-20(22)16-32(24)26(33)18-31-12-5-8-23(27(31)34)29-38(35,36)13-11-21-9-10-25(28)37-21/h2-4,6-7,9-11,13,20,22-24,29H,5,8,12,14-18H2,1H3/b13-11+. The first-order valence-corrected chi connectivity index (χ1v) is 15.7. The van der Waals surface area contributed by atoms with Crippen LogP contribution in [0.1, 0.15) is 29.7 Å². The average Bonchev–Trinajstić information content (AvgIpc) is 3.38. The van der Waals surface area contributed by atoms with E-state index >= 15 is 0 Å². The topological polar surface area (TPSA) is 90.0 Å². The van der Waals surface area contributed by atoms with Crippen molar-refractivity contribution in [2.75, 3.05) is 33.2 Å². The zero-order valence-electron chi connectivity index (χ0n) is 21.3. The van der Waals surface area contributed by atoms with Crippen LogP contribution < -0.4 is 4.72 Å². The Kier molecular flexibility index (Phi) is 8.25. The van der Waals surface area contributed by atoms with Gasteiger partial charge in [0.05, 0.1) is 10.9 Å². The number of halogens is 1. The van der Waals surface area contributed by atoms with Crippen LogP contribution in [0, 0.1) is 11.8 Å². The molecule has 2 saturated heterocycles. The third kappa shape index (κ3) is 6.66. The lowest BCUT2D eigenvalue weighted by molar-refractivity contribution is -0.144. The molecule has 5 rings (SSSR count). The summed E-state index contributed by atoms with van der Waals surface area (Å²) in [4.78, 5) is 33.0. The van der Waals surface area contributed by atoms with E-state index in [1.54, 1.807) is 12.1 Å². The highest BCUT2D eigenvalue weighted by Gasteiger charge is 2.54. The van der Waals surface area contributed by atoms with Crippen LogP contribution in [0.15, 0.2) is 47.9 Å². The van der Waals surface area contributed by atoms with Gasteiger partial charge in [0.25, 0.3) is 0 Å². The molecule has 8 nitrogen and oxygen atoms in total. The van der Waals surface area contributed by atoms with Gasteiger partial charge in [0.15, 0.2) is 0 Å². The van der Waals surface area contributed by atoms with Crippen molar-refractivity contribution < 1.29 is 18.0 Å². The Morgan fingerprint density at radius 1 is 1.24 bits per heavy atom. The quantitative estimate of drug-likeness (QED) is 0.469. The average molecular weight is 577 g/mol. The second-order valence-corrected chi connectivity index (χ2v) is 13.9. The minimum Gasteiger partial charge on any atom is -0.336 e. The van der Waals surface area contributed by atoms with Crippen molar-refractivity contribution in [1.29, 1.82) is 0 Å². The normalized spacial score (nSPS) is 25.4. The number of fused-ring (bicyclic) bond motifs is 1. The van der Waals surface area contributed by atoms with Crippen LogP contribution in [-0.4, -0.2) is 80.2 Å². The van der Waals surface area contributed by atoms with Crippen molar-refractivity contribution >= 4 is 50.9 Å². The van der Waals surface area contributed by atoms with Crippen molar-refractivity contribution in [2.45, 2.75) is 37.9 Å². The van der Waals surface area contributed by atoms with Gasteiger partial charge in [0.1, 0.15) is 6.04 Å². The number of rotatable bonds is 10. The summed E-state index contributed by atoms with van der Waals surface area (Å²) in [5.41, 5.74) is 1.24. The van der Waals surface area contributed by atoms with Crippen molar-refractivity contribution in [3.63, 3.8) is 0 Å². The van der Waals surface area contributed by atoms with Crippen molar-refractivity contribution in [2.24, 2.45) is 11.8 Å².